The van der Waals surface area contributed by atoms with E-state index in [0.717, 1.165) is 22.4 Å². The lowest BCUT2D eigenvalue weighted by molar-refractivity contribution is 1.07. The van der Waals surface area contributed by atoms with Gasteiger partial charge in [-0.25, -0.2) is 15.0 Å². The van der Waals surface area contributed by atoms with Crippen LogP contribution in [0.2, 0.25) is 0 Å². The third kappa shape index (κ3) is 4.84. The quantitative estimate of drug-likeness (QED) is 0.182. The number of hydrogen-bond donors (Lipinski definition) is 0. The van der Waals surface area contributed by atoms with Crippen molar-refractivity contribution >= 4 is 18.0 Å². The van der Waals surface area contributed by atoms with Gasteiger partial charge in [0.1, 0.15) is 0 Å². The fraction of sp³-hybridized carbons (Fsp3) is 0. The zero-order valence-corrected chi connectivity index (χ0v) is 26.1. The van der Waals surface area contributed by atoms with Gasteiger partial charge in [-0.05, 0) is 51.6 Å². The molecule has 7 aromatic rings. The first-order valence-electron chi connectivity index (χ1n) is 16.2. The van der Waals surface area contributed by atoms with Crippen LogP contribution in [0.4, 0.5) is 5.69 Å². The van der Waals surface area contributed by atoms with Crippen LogP contribution in [0.25, 0.3) is 67.5 Å². The molecule has 4 nitrogen and oxygen atoms in total. The lowest BCUT2D eigenvalue weighted by Crippen LogP contribution is -2.50. The Balaban J connectivity index is 1.28. The van der Waals surface area contributed by atoms with Crippen molar-refractivity contribution in [2.24, 2.45) is 0 Å². The molecular formula is C43H29BN4. The average molecular weight is 613 g/mol. The lowest BCUT2D eigenvalue weighted by atomic mass is 9.47. The van der Waals surface area contributed by atoms with Crippen LogP contribution in [0.5, 0.6) is 0 Å². The van der Waals surface area contributed by atoms with E-state index in [9.17, 15) is 0 Å². The van der Waals surface area contributed by atoms with E-state index in [1.54, 1.807) is 0 Å². The first-order chi connectivity index (χ1) is 23.8. The Kier molecular flexibility index (Phi) is 6.87. The fourth-order valence-corrected chi connectivity index (χ4v) is 6.94. The Bertz CT molecular complexity index is 2280. The van der Waals surface area contributed by atoms with Gasteiger partial charge in [-0.15, -0.1) is 0 Å². The molecule has 0 spiro atoms. The summed E-state index contributed by atoms with van der Waals surface area (Å²) in [7, 11) is 0. The van der Waals surface area contributed by atoms with E-state index in [4.69, 9.17) is 15.0 Å². The van der Waals surface area contributed by atoms with Crippen LogP contribution in [0.3, 0.4) is 0 Å². The summed E-state index contributed by atoms with van der Waals surface area (Å²) >= 11 is 0. The molecule has 224 valence electrons. The number of nitrogens with zero attached hydrogens (tertiary/aromatic N) is 4. The molecule has 0 atom stereocenters. The number of rotatable bonds is 5. The number of hydrogen-bond acceptors (Lipinski definition) is 4. The molecule has 0 fully saturated rings. The number of benzene rings is 6. The molecule has 9 rings (SSSR count). The van der Waals surface area contributed by atoms with Crippen molar-refractivity contribution in [2.45, 2.75) is 0 Å². The maximum absolute atomic E-state index is 5.04. The summed E-state index contributed by atoms with van der Waals surface area (Å²) in [6.45, 7) is 0.0183. The lowest BCUT2D eigenvalue weighted by Gasteiger charge is -2.38. The summed E-state index contributed by atoms with van der Waals surface area (Å²) in [5.41, 5.74) is 12.6. The van der Waals surface area contributed by atoms with E-state index < -0.39 is 0 Å². The highest BCUT2D eigenvalue weighted by Crippen LogP contribution is 2.45. The Morgan fingerprint density at radius 3 is 1.48 bits per heavy atom. The minimum absolute atomic E-state index is 0.0183. The highest BCUT2D eigenvalue weighted by Gasteiger charge is 2.37. The number of fused-ring (bicyclic) bond motifs is 6. The highest BCUT2D eigenvalue weighted by molar-refractivity contribution is 6.85. The van der Waals surface area contributed by atoms with Gasteiger partial charge >= 0.3 is 6.85 Å². The van der Waals surface area contributed by atoms with Crippen LogP contribution in [-0.2, 0) is 0 Å². The molecule has 0 saturated heterocycles. The molecule has 0 amide bonds. The molecule has 0 saturated carbocycles. The van der Waals surface area contributed by atoms with Crippen molar-refractivity contribution < 1.29 is 0 Å². The second-order valence-corrected chi connectivity index (χ2v) is 12.0. The molecule has 0 radical (unpaired) electrons. The van der Waals surface area contributed by atoms with Gasteiger partial charge in [0.25, 0.3) is 0 Å². The van der Waals surface area contributed by atoms with Gasteiger partial charge in [-0.2, -0.15) is 0 Å². The molecule has 6 aromatic carbocycles. The third-order valence-corrected chi connectivity index (χ3v) is 9.16. The van der Waals surface area contributed by atoms with Crippen molar-refractivity contribution in [3.63, 3.8) is 0 Å². The monoisotopic (exact) mass is 612 g/mol. The van der Waals surface area contributed by atoms with Crippen LogP contribution in [0.15, 0.2) is 176 Å². The van der Waals surface area contributed by atoms with Crippen molar-refractivity contribution in [2.75, 3.05) is 4.81 Å². The Morgan fingerprint density at radius 1 is 0.417 bits per heavy atom. The molecule has 3 heterocycles. The fourth-order valence-electron chi connectivity index (χ4n) is 6.94. The van der Waals surface area contributed by atoms with E-state index in [1.807, 2.05) is 60.7 Å². The topological polar surface area (TPSA) is 41.9 Å². The molecule has 0 unspecified atom stereocenters. The minimum Gasteiger partial charge on any atom is -0.383 e. The third-order valence-electron chi connectivity index (χ3n) is 9.16. The molecule has 0 N–H and O–H groups in total. The van der Waals surface area contributed by atoms with E-state index in [-0.39, 0.29) is 6.85 Å². The standard InChI is InChI=1S/C43H29BN4/c1-5-15-30(16-6-1)35-25-26-36(31-17-7-2-8-18-31)40-39(35)37-24-23-34(29-38(37)48-28-14-13-27-44(40)48)43-46-41(32-19-9-3-10-20-32)45-42(47-43)33-21-11-4-12-22-33/h1-29H. The van der Waals surface area contributed by atoms with Crippen LogP contribution in [0, 0.1) is 0 Å². The van der Waals surface area contributed by atoms with Crippen molar-refractivity contribution in [1.82, 2.24) is 15.0 Å². The van der Waals surface area contributed by atoms with Gasteiger partial charge in [-0.1, -0.05) is 158 Å². The minimum atomic E-state index is 0.0183. The molecule has 0 bridgehead atoms. The highest BCUT2D eigenvalue weighted by atomic mass is 15.1. The van der Waals surface area contributed by atoms with Gasteiger partial charge in [0.15, 0.2) is 17.5 Å². The van der Waals surface area contributed by atoms with E-state index in [2.05, 4.69) is 120 Å². The summed E-state index contributed by atoms with van der Waals surface area (Å²) in [5.74, 6) is 4.26. The second-order valence-electron chi connectivity index (χ2n) is 12.0. The van der Waals surface area contributed by atoms with E-state index in [1.165, 1.54) is 38.8 Å². The predicted octanol–water partition coefficient (Wildman–Crippen LogP) is 9.51. The number of anilines is 1. The van der Waals surface area contributed by atoms with Crippen LogP contribution in [0.1, 0.15) is 0 Å². The van der Waals surface area contributed by atoms with Crippen LogP contribution >= 0.6 is 0 Å². The van der Waals surface area contributed by atoms with Crippen LogP contribution in [-0.4, -0.2) is 21.8 Å². The molecule has 0 aliphatic carbocycles. The van der Waals surface area contributed by atoms with Crippen molar-refractivity contribution in [3.05, 3.63) is 176 Å². The molecular weight excluding hydrogens is 583 g/mol. The summed E-state index contributed by atoms with van der Waals surface area (Å²) in [6.07, 6.45) is 6.47. The van der Waals surface area contributed by atoms with Gasteiger partial charge in [-0.3, -0.25) is 0 Å². The second kappa shape index (κ2) is 11.8. The van der Waals surface area contributed by atoms with E-state index in [0.29, 0.717) is 17.5 Å². The first-order valence-corrected chi connectivity index (χ1v) is 16.2. The van der Waals surface area contributed by atoms with Gasteiger partial charge < -0.3 is 4.81 Å². The maximum Gasteiger partial charge on any atom is 0.321 e. The van der Waals surface area contributed by atoms with Gasteiger partial charge in [0.05, 0.1) is 0 Å². The van der Waals surface area contributed by atoms with Crippen molar-refractivity contribution in [3.8, 4) is 67.5 Å². The molecule has 2 aliphatic rings. The molecule has 2 aliphatic heterocycles. The largest absolute Gasteiger partial charge is 0.383 e. The molecule has 1 aromatic heterocycles. The maximum atomic E-state index is 5.04. The SMILES string of the molecule is C1=CB2c3c(-c4ccccc4)ccc(-c4ccccc4)c3-c3ccc(-c4nc(-c5ccccc5)nc(-c5ccccc5)n4)cc3N2C=C1. The van der Waals surface area contributed by atoms with Gasteiger partial charge in [0, 0.05) is 27.9 Å². The smallest absolute Gasteiger partial charge is 0.321 e. The van der Waals surface area contributed by atoms with Gasteiger partial charge in [0.2, 0.25) is 0 Å². The van der Waals surface area contributed by atoms with E-state index >= 15 is 0 Å². The zero-order chi connectivity index (χ0) is 31.9. The van der Waals surface area contributed by atoms with Crippen LogP contribution < -0.4 is 10.3 Å². The predicted molar refractivity (Wildman–Crippen MR) is 199 cm³/mol. The molecule has 48 heavy (non-hydrogen) atoms. The molecule has 5 heteroatoms. The van der Waals surface area contributed by atoms with Crippen molar-refractivity contribution in [1.29, 1.82) is 0 Å². The zero-order valence-electron chi connectivity index (χ0n) is 26.1. The summed E-state index contributed by atoms with van der Waals surface area (Å²) < 4.78 is 0. The Hall–Kier alpha value is -6.33. The number of aromatic nitrogens is 3. The average Bonchev–Trinajstić information content (AvgIpc) is 3.18. The number of allylic oxidation sites excluding steroid dienone is 2. The summed E-state index contributed by atoms with van der Waals surface area (Å²) in [5, 5.41) is 0. The Morgan fingerprint density at radius 2 is 0.896 bits per heavy atom. The normalized spacial score (nSPS) is 12.8. The summed E-state index contributed by atoms with van der Waals surface area (Å²) in [4.78, 5) is 17.4. The first kappa shape index (κ1) is 27.9. The summed E-state index contributed by atoms with van der Waals surface area (Å²) in [6, 6.07) is 52.9. The Labute approximate surface area is 280 Å².